The van der Waals surface area contributed by atoms with Crippen LogP contribution in [0.3, 0.4) is 0 Å². The minimum Gasteiger partial charge on any atom is -0.378 e. The van der Waals surface area contributed by atoms with Gasteiger partial charge in [-0.3, -0.25) is 0 Å². The van der Waals surface area contributed by atoms with Gasteiger partial charge >= 0.3 is 6.03 Å². The van der Waals surface area contributed by atoms with E-state index in [2.05, 4.69) is 16.7 Å². The lowest BCUT2D eigenvalue weighted by atomic mass is 10.3. The summed E-state index contributed by atoms with van der Waals surface area (Å²) in [5.74, 6) is 0. The van der Waals surface area contributed by atoms with Gasteiger partial charge in [-0.15, -0.1) is 0 Å². The van der Waals surface area contributed by atoms with E-state index >= 15 is 0 Å². The SMILES string of the molecule is NCCOCCNC(=O)Nc1c[c]ccc1. The third-order valence-corrected chi connectivity index (χ3v) is 1.76. The molecule has 2 amide bonds. The van der Waals surface area contributed by atoms with Crippen molar-refractivity contribution in [3.63, 3.8) is 0 Å². The maximum Gasteiger partial charge on any atom is 0.319 e. The highest BCUT2D eigenvalue weighted by Gasteiger charge is 1.99. The molecule has 87 valence electrons. The number of ether oxygens (including phenoxy) is 1. The van der Waals surface area contributed by atoms with Crippen molar-refractivity contribution in [2.75, 3.05) is 31.6 Å². The number of rotatable bonds is 6. The van der Waals surface area contributed by atoms with E-state index in [9.17, 15) is 4.79 Å². The zero-order chi connectivity index (χ0) is 11.6. The summed E-state index contributed by atoms with van der Waals surface area (Å²) >= 11 is 0. The van der Waals surface area contributed by atoms with Gasteiger partial charge in [-0.05, 0) is 18.2 Å². The van der Waals surface area contributed by atoms with Crippen LogP contribution in [0, 0.1) is 6.07 Å². The average Bonchev–Trinajstić information content (AvgIpc) is 2.30. The van der Waals surface area contributed by atoms with Gasteiger partial charge in [-0.1, -0.05) is 12.1 Å². The summed E-state index contributed by atoms with van der Waals surface area (Å²) in [4.78, 5) is 11.3. The summed E-state index contributed by atoms with van der Waals surface area (Å²) in [6.07, 6.45) is 0. The Labute approximate surface area is 95.0 Å². The molecule has 0 aliphatic rings. The number of benzene rings is 1. The van der Waals surface area contributed by atoms with Crippen LogP contribution in [-0.4, -0.2) is 32.3 Å². The highest BCUT2D eigenvalue weighted by atomic mass is 16.5. The third kappa shape index (κ3) is 5.33. The molecular weight excluding hydrogens is 206 g/mol. The van der Waals surface area contributed by atoms with Crippen LogP contribution < -0.4 is 16.4 Å². The van der Waals surface area contributed by atoms with Crippen LogP contribution in [0.1, 0.15) is 0 Å². The van der Waals surface area contributed by atoms with Crippen molar-refractivity contribution in [1.29, 1.82) is 0 Å². The molecule has 1 aromatic rings. The van der Waals surface area contributed by atoms with Crippen molar-refractivity contribution >= 4 is 11.7 Å². The Balaban J connectivity index is 2.12. The zero-order valence-electron chi connectivity index (χ0n) is 9.03. The molecule has 1 radical (unpaired) electrons. The number of amides is 2. The maximum absolute atomic E-state index is 11.3. The van der Waals surface area contributed by atoms with E-state index in [-0.39, 0.29) is 6.03 Å². The summed E-state index contributed by atoms with van der Waals surface area (Å²) in [6.45, 7) is 1.93. The first-order valence-corrected chi connectivity index (χ1v) is 5.11. The lowest BCUT2D eigenvalue weighted by molar-refractivity contribution is 0.144. The van der Waals surface area contributed by atoms with Crippen molar-refractivity contribution in [2.45, 2.75) is 0 Å². The summed E-state index contributed by atoms with van der Waals surface area (Å²) in [5.41, 5.74) is 5.96. The Morgan fingerprint density at radius 2 is 2.38 bits per heavy atom. The minimum atomic E-state index is -0.254. The molecule has 5 heteroatoms. The monoisotopic (exact) mass is 222 g/mol. The van der Waals surface area contributed by atoms with E-state index in [1.54, 1.807) is 24.3 Å². The Kier molecular flexibility index (Phi) is 5.98. The van der Waals surface area contributed by atoms with E-state index in [4.69, 9.17) is 10.5 Å². The van der Waals surface area contributed by atoms with Crippen LogP contribution in [0.4, 0.5) is 10.5 Å². The van der Waals surface area contributed by atoms with Gasteiger partial charge in [-0.2, -0.15) is 0 Å². The highest BCUT2D eigenvalue weighted by molar-refractivity contribution is 5.89. The molecule has 1 rings (SSSR count). The van der Waals surface area contributed by atoms with Crippen LogP contribution in [0.15, 0.2) is 24.3 Å². The summed E-state index contributed by atoms with van der Waals surface area (Å²) in [6, 6.07) is 9.68. The molecule has 0 aliphatic carbocycles. The van der Waals surface area contributed by atoms with E-state index in [1.165, 1.54) is 0 Å². The molecule has 0 bridgehead atoms. The molecule has 1 aromatic carbocycles. The molecule has 0 aliphatic heterocycles. The number of urea groups is 1. The van der Waals surface area contributed by atoms with Crippen LogP contribution in [0.5, 0.6) is 0 Å². The Morgan fingerprint density at radius 1 is 1.50 bits per heavy atom. The Morgan fingerprint density at radius 3 is 3.06 bits per heavy atom. The summed E-state index contributed by atoms with van der Waals surface area (Å²) in [7, 11) is 0. The number of nitrogens with two attached hydrogens (primary N) is 1. The van der Waals surface area contributed by atoms with Crippen molar-refractivity contribution < 1.29 is 9.53 Å². The van der Waals surface area contributed by atoms with E-state index in [0.29, 0.717) is 32.0 Å². The standard InChI is InChI=1S/C11H16N3O2/c12-6-8-16-9-7-13-11(15)14-10-4-2-1-3-5-10/h1-2,4-5H,6-9,12H2,(H2,13,14,15). The third-order valence-electron chi connectivity index (χ3n) is 1.76. The molecule has 0 spiro atoms. The zero-order valence-corrected chi connectivity index (χ0v) is 9.03. The fraction of sp³-hybridized carbons (Fsp3) is 0.364. The number of hydrogen-bond donors (Lipinski definition) is 3. The highest BCUT2D eigenvalue weighted by Crippen LogP contribution is 2.03. The van der Waals surface area contributed by atoms with Gasteiger partial charge in [-0.25, -0.2) is 4.79 Å². The number of carbonyl (C=O) groups is 1. The largest absolute Gasteiger partial charge is 0.378 e. The second-order valence-corrected chi connectivity index (χ2v) is 3.07. The second kappa shape index (κ2) is 7.67. The summed E-state index contributed by atoms with van der Waals surface area (Å²) in [5, 5.41) is 5.33. The summed E-state index contributed by atoms with van der Waals surface area (Å²) < 4.78 is 5.11. The van der Waals surface area contributed by atoms with E-state index in [1.807, 2.05) is 0 Å². The van der Waals surface area contributed by atoms with Crippen LogP contribution in [-0.2, 0) is 4.74 Å². The molecular formula is C11H16N3O2. The number of carbonyl (C=O) groups excluding carboxylic acids is 1. The molecule has 16 heavy (non-hydrogen) atoms. The molecule has 0 heterocycles. The topological polar surface area (TPSA) is 76.4 Å². The van der Waals surface area contributed by atoms with Gasteiger partial charge in [0.25, 0.3) is 0 Å². The molecule has 5 nitrogen and oxygen atoms in total. The van der Waals surface area contributed by atoms with Crippen molar-refractivity contribution in [2.24, 2.45) is 5.73 Å². The molecule has 0 atom stereocenters. The number of nitrogens with one attached hydrogen (secondary N) is 2. The Bertz CT molecular complexity index is 303. The number of hydrogen-bond acceptors (Lipinski definition) is 3. The molecule has 0 unspecified atom stereocenters. The van der Waals surface area contributed by atoms with Gasteiger partial charge in [0, 0.05) is 18.8 Å². The fourth-order valence-corrected chi connectivity index (χ4v) is 1.07. The van der Waals surface area contributed by atoms with E-state index in [0.717, 1.165) is 0 Å². The first kappa shape index (κ1) is 12.5. The van der Waals surface area contributed by atoms with Crippen molar-refractivity contribution in [3.8, 4) is 0 Å². The predicted octanol–water partition coefficient (Wildman–Crippen LogP) is 0.584. The van der Waals surface area contributed by atoms with Gasteiger partial charge in [0.1, 0.15) is 0 Å². The molecule has 0 saturated carbocycles. The molecule has 0 fully saturated rings. The molecule has 0 saturated heterocycles. The maximum atomic E-state index is 11.3. The van der Waals surface area contributed by atoms with Gasteiger partial charge in [0.15, 0.2) is 0 Å². The lowest BCUT2D eigenvalue weighted by Crippen LogP contribution is -2.31. The first-order chi connectivity index (χ1) is 7.83. The Hall–Kier alpha value is -1.59. The quantitative estimate of drug-likeness (QED) is 0.616. The van der Waals surface area contributed by atoms with Crippen LogP contribution in [0.25, 0.3) is 0 Å². The van der Waals surface area contributed by atoms with Crippen LogP contribution in [0.2, 0.25) is 0 Å². The van der Waals surface area contributed by atoms with Gasteiger partial charge in [0.2, 0.25) is 0 Å². The normalized spacial score (nSPS) is 9.81. The molecule has 4 N–H and O–H groups in total. The smallest absolute Gasteiger partial charge is 0.319 e. The predicted molar refractivity (Wildman–Crippen MR) is 62.2 cm³/mol. The fourth-order valence-electron chi connectivity index (χ4n) is 1.07. The van der Waals surface area contributed by atoms with E-state index < -0.39 is 0 Å². The van der Waals surface area contributed by atoms with Crippen LogP contribution >= 0.6 is 0 Å². The lowest BCUT2D eigenvalue weighted by Gasteiger charge is -2.07. The average molecular weight is 222 g/mol. The first-order valence-electron chi connectivity index (χ1n) is 5.11. The molecule has 0 aromatic heterocycles. The number of anilines is 1. The van der Waals surface area contributed by atoms with Crippen molar-refractivity contribution in [1.82, 2.24) is 5.32 Å². The van der Waals surface area contributed by atoms with Gasteiger partial charge < -0.3 is 21.1 Å². The van der Waals surface area contributed by atoms with Crippen molar-refractivity contribution in [3.05, 3.63) is 30.3 Å². The minimum absolute atomic E-state index is 0.254. The second-order valence-electron chi connectivity index (χ2n) is 3.07. The van der Waals surface area contributed by atoms with Gasteiger partial charge in [0.05, 0.1) is 13.2 Å².